The normalized spacial score (nSPS) is 33.2. The zero-order chi connectivity index (χ0) is 8.97. The maximum atomic E-state index is 9.11. The second-order valence-electron chi connectivity index (χ2n) is 4.13. The number of nitrogens with one attached hydrogen (secondary N) is 1. The fraction of sp³-hybridized carbons (Fsp3) is 1.00. The van der Waals surface area contributed by atoms with Crippen LogP contribution in [0.5, 0.6) is 0 Å². The van der Waals surface area contributed by atoms with Gasteiger partial charge in [-0.2, -0.15) is 0 Å². The first-order valence-electron chi connectivity index (χ1n) is 5.11. The number of aliphatic hydroxyl groups is 1. The second kappa shape index (κ2) is 4.83. The van der Waals surface area contributed by atoms with E-state index in [-0.39, 0.29) is 6.10 Å². The molecule has 72 valence electrons. The van der Waals surface area contributed by atoms with E-state index >= 15 is 0 Å². The maximum absolute atomic E-state index is 9.11. The zero-order valence-corrected chi connectivity index (χ0v) is 8.21. The molecule has 0 heterocycles. The number of aliphatic hydroxyl groups excluding tert-OH is 1. The van der Waals surface area contributed by atoms with Crippen LogP contribution >= 0.6 is 0 Å². The number of hydrogen-bond donors (Lipinski definition) is 2. The predicted octanol–water partition coefficient (Wildman–Crippen LogP) is 1.54. The van der Waals surface area contributed by atoms with Gasteiger partial charge in [-0.15, -0.1) is 0 Å². The van der Waals surface area contributed by atoms with Crippen LogP contribution in [0.2, 0.25) is 0 Å². The lowest BCUT2D eigenvalue weighted by Gasteiger charge is -2.30. The Hall–Kier alpha value is -0.0800. The molecule has 1 aliphatic carbocycles. The minimum absolute atomic E-state index is 0.209. The van der Waals surface area contributed by atoms with E-state index in [0.717, 1.165) is 12.5 Å². The fourth-order valence-electron chi connectivity index (χ4n) is 1.94. The molecule has 1 aliphatic rings. The van der Waals surface area contributed by atoms with Crippen LogP contribution in [-0.2, 0) is 0 Å². The van der Waals surface area contributed by atoms with Gasteiger partial charge in [0, 0.05) is 12.6 Å². The topological polar surface area (TPSA) is 32.3 Å². The van der Waals surface area contributed by atoms with E-state index in [0.29, 0.717) is 6.04 Å². The number of hydrogen-bond acceptors (Lipinski definition) is 2. The molecule has 0 radical (unpaired) electrons. The van der Waals surface area contributed by atoms with Gasteiger partial charge >= 0.3 is 0 Å². The van der Waals surface area contributed by atoms with Crippen molar-refractivity contribution in [3.63, 3.8) is 0 Å². The van der Waals surface area contributed by atoms with Gasteiger partial charge in [0.1, 0.15) is 0 Å². The molecule has 2 nitrogen and oxygen atoms in total. The van der Waals surface area contributed by atoms with E-state index in [2.05, 4.69) is 12.2 Å². The third kappa shape index (κ3) is 3.11. The Labute approximate surface area is 75.4 Å². The van der Waals surface area contributed by atoms with Gasteiger partial charge < -0.3 is 10.4 Å². The van der Waals surface area contributed by atoms with Crippen LogP contribution in [0.1, 0.15) is 39.5 Å². The molecule has 0 aliphatic heterocycles. The lowest BCUT2D eigenvalue weighted by molar-refractivity contribution is 0.172. The van der Waals surface area contributed by atoms with Crippen molar-refractivity contribution in [1.29, 1.82) is 0 Å². The highest BCUT2D eigenvalue weighted by molar-refractivity contribution is 4.78. The van der Waals surface area contributed by atoms with Gasteiger partial charge in [0.2, 0.25) is 0 Å². The minimum atomic E-state index is -0.209. The van der Waals surface area contributed by atoms with Crippen molar-refractivity contribution < 1.29 is 5.11 Å². The van der Waals surface area contributed by atoms with Crippen molar-refractivity contribution in [2.45, 2.75) is 51.7 Å². The molecule has 0 aromatic heterocycles. The van der Waals surface area contributed by atoms with E-state index in [1.54, 1.807) is 0 Å². The summed E-state index contributed by atoms with van der Waals surface area (Å²) < 4.78 is 0. The van der Waals surface area contributed by atoms with Crippen molar-refractivity contribution in [3.8, 4) is 0 Å². The third-order valence-electron chi connectivity index (χ3n) is 2.79. The summed E-state index contributed by atoms with van der Waals surface area (Å²) in [5.74, 6) is 0.789. The summed E-state index contributed by atoms with van der Waals surface area (Å²) in [6, 6.07) is 0.647. The molecule has 2 unspecified atom stereocenters. The summed E-state index contributed by atoms with van der Waals surface area (Å²) in [6.07, 6.45) is 5.15. The van der Waals surface area contributed by atoms with Gasteiger partial charge in [0.25, 0.3) is 0 Å². The Morgan fingerprint density at radius 3 is 2.67 bits per heavy atom. The molecule has 3 atom stereocenters. The van der Waals surface area contributed by atoms with Gasteiger partial charge in [0.15, 0.2) is 0 Å². The minimum Gasteiger partial charge on any atom is -0.392 e. The summed E-state index contributed by atoms with van der Waals surface area (Å²) in [7, 11) is 0. The van der Waals surface area contributed by atoms with Crippen molar-refractivity contribution in [2.24, 2.45) is 5.92 Å². The molecular formula is C10H21NO. The van der Waals surface area contributed by atoms with Crippen LogP contribution in [0.25, 0.3) is 0 Å². The van der Waals surface area contributed by atoms with Crippen molar-refractivity contribution in [3.05, 3.63) is 0 Å². The van der Waals surface area contributed by atoms with Crippen LogP contribution in [0.15, 0.2) is 0 Å². The highest BCUT2D eigenvalue weighted by Crippen LogP contribution is 2.23. The third-order valence-corrected chi connectivity index (χ3v) is 2.79. The Balaban J connectivity index is 2.20. The average Bonchev–Trinajstić information content (AvgIpc) is 2.03. The van der Waals surface area contributed by atoms with Gasteiger partial charge in [-0.3, -0.25) is 0 Å². The lowest BCUT2D eigenvalue weighted by atomic mass is 9.86. The van der Waals surface area contributed by atoms with Crippen LogP contribution in [0.4, 0.5) is 0 Å². The monoisotopic (exact) mass is 171 g/mol. The van der Waals surface area contributed by atoms with Crippen molar-refractivity contribution >= 4 is 0 Å². The Bertz CT molecular complexity index is 125. The van der Waals surface area contributed by atoms with E-state index in [4.69, 9.17) is 5.11 Å². The van der Waals surface area contributed by atoms with Crippen LogP contribution < -0.4 is 5.32 Å². The summed E-state index contributed by atoms with van der Waals surface area (Å²) in [4.78, 5) is 0. The molecule has 2 heteroatoms. The molecule has 0 spiro atoms. The van der Waals surface area contributed by atoms with Gasteiger partial charge in [0.05, 0.1) is 6.10 Å². The lowest BCUT2D eigenvalue weighted by Crippen LogP contribution is -2.40. The first-order chi connectivity index (χ1) is 5.70. The van der Waals surface area contributed by atoms with Gasteiger partial charge in [-0.25, -0.2) is 0 Å². The van der Waals surface area contributed by atoms with Crippen molar-refractivity contribution in [2.75, 3.05) is 6.54 Å². The molecular weight excluding hydrogens is 150 g/mol. The Morgan fingerprint density at radius 1 is 1.42 bits per heavy atom. The molecule has 2 N–H and O–H groups in total. The second-order valence-corrected chi connectivity index (χ2v) is 4.13. The zero-order valence-electron chi connectivity index (χ0n) is 8.21. The first-order valence-corrected chi connectivity index (χ1v) is 5.11. The van der Waals surface area contributed by atoms with E-state index < -0.39 is 0 Å². The summed E-state index contributed by atoms with van der Waals surface area (Å²) in [5.41, 5.74) is 0. The highest BCUT2D eigenvalue weighted by Gasteiger charge is 2.20. The molecule has 0 aromatic rings. The van der Waals surface area contributed by atoms with E-state index in [9.17, 15) is 0 Å². The smallest absolute Gasteiger partial charge is 0.0636 e. The summed E-state index contributed by atoms with van der Waals surface area (Å²) in [5, 5.41) is 12.5. The SMILES string of the molecule is CC1CCCCC1NC[C@@H](C)O. The average molecular weight is 171 g/mol. The highest BCUT2D eigenvalue weighted by atomic mass is 16.3. The summed E-state index contributed by atoms with van der Waals surface area (Å²) in [6.45, 7) is 4.88. The summed E-state index contributed by atoms with van der Waals surface area (Å²) >= 11 is 0. The van der Waals surface area contributed by atoms with Crippen LogP contribution in [0.3, 0.4) is 0 Å². The molecule has 0 bridgehead atoms. The maximum Gasteiger partial charge on any atom is 0.0636 e. The first kappa shape index (κ1) is 10.0. The molecule has 0 aromatic carbocycles. The van der Waals surface area contributed by atoms with Crippen LogP contribution in [-0.4, -0.2) is 23.8 Å². The molecule has 0 amide bonds. The standard InChI is InChI=1S/C10H21NO/c1-8-5-3-4-6-10(8)11-7-9(2)12/h8-12H,3-7H2,1-2H3/t8?,9-,10?/m1/s1. The Kier molecular flexibility index (Phi) is 4.02. The van der Waals surface area contributed by atoms with Crippen molar-refractivity contribution in [1.82, 2.24) is 5.32 Å². The van der Waals surface area contributed by atoms with Gasteiger partial charge in [-0.05, 0) is 25.7 Å². The molecule has 1 rings (SSSR count). The quantitative estimate of drug-likeness (QED) is 0.675. The van der Waals surface area contributed by atoms with Crippen LogP contribution in [0, 0.1) is 5.92 Å². The molecule has 1 saturated carbocycles. The molecule has 0 saturated heterocycles. The van der Waals surface area contributed by atoms with Gasteiger partial charge in [-0.1, -0.05) is 19.8 Å². The fourth-order valence-corrected chi connectivity index (χ4v) is 1.94. The Morgan fingerprint density at radius 2 is 2.08 bits per heavy atom. The van der Waals surface area contributed by atoms with E-state index in [1.807, 2.05) is 6.92 Å². The predicted molar refractivity (Wildman–Crippen MR) is 51.1 cm³/mol. The largest absolute Gasteiger partial charge is 0.392 e. The number of rotatable bonds is 3. The molecule has 12 heavy (non-hydrogen) atoms. The molecule has 1 fully saturated rings. The van der Waals surface area contributed by atoms with E-state index in [1.165, 1.54) is 25.7 Å².